The Balaban J connectivity index is 1.94. The Morgan fingerprint density at radius 3 is 2.88 bits per heavy atom. The molecule has 0 bridgehead atoms. The number of nitrogens with two attached hydrogens (primary N) is 1. The number of rotatable bonds is 2. The second-order valence-corrected chi connectivity index (χ2v) is 5.12. The van der Waals surface area contributed by atoms with Crippen LogP contribution in [0.2, 0.25) is 0 Å². The van der Waals surface area contributed by atoms with Crippen molar-refractivity contribution in [1.82, 2.24) is 4.90 Å². The molecule has 1 heterocycles. The maximum absolute atomic E-state index is 11.8. The van der Waals surface area contributed by atoms with Gasteiger partial charge in [-0.15, -0.1) is 0 Å². The number of hydrogen-bond acceptors (Lipinski definition) is 4. The van der Waals surface area contributed by atoms with Crippen molar-refractivity contribution < 1.29 is 14.3 Å². The van der Waals surface area contributed by atoms with Gasteiger partial charge in [-0.2, -0.15) is 0 Å². The number of morpholine rings is 1. The largest absolute Gasteiger partial charge is 0.375 e. The molecular weight excluding hydrogens is 220 g/mol. The number of nitrogens with zero attached hydrogens (tertiary/aromatic N) is 1. The van der Waals surface area contributed by atoms with E-state index < -0.39 is 0 Å². The fourth-order valence-corrected chi connectivity index (χ4v) is 2.74. The predicted molar refractivity (Wildman–Crippen MR) is 63.6 cm³/mol. The highest BCUT2D eigenvalue weighted by atomic mass is 16.5. The zero-order valence-corrected chi connectivity index (χ0v) is 10.5. The smallest absolute Gasteiger partial charge is 0.248 e. The molecule has 0 aromatic rings. The molecule has 1 saturated carbocycles. The van der Waals surface area contributed by atoms with Crippen LogP contribution in [-0.4, -0.2) is 55.9 Å². The predicted octanol–water partition coefficient (Wildman–Crippen LogP) is 0.132. The number of ether oxygens (including phenoxy) is 2. The summed E-state index contributed by atoms with van der Waals surface area (Å²) < 4.78 is 10.8. The second kappa shape index (κ2) is 5.33. The molecule has 0 atom stereocenters. The van der Waals surface area contributed by atoms with E-state index in [1.54, 1.807) is 7.11 Å². The normalized spacial score (nSPS) is 34.0. The molecule has 2 N–H and O–H groups in total. The van der Waals surface area contributed by atoms with Crippen LogP contribution < -0.4 is 5.73 Å². The number of carbonyl (C=O) groups is 1. The van der Waals surface area contributed by atoms with Gasteiger partial charge in [-0.1, -0.05) is 0 Å². The summed E-state index contributed by atoms with van der Waals surface area (Å²) in [5.41, 5.74) is 5.77. The first-order valence-corrected chi connectivity index (χ1v) is 6.31. The molecular formula is C12H22N2O3. The quantitative estimate of drug-likeness (QED) is 0.747. The van der Waals surface area contributed by atoms with E-state index in [1.165, 1.54) is 0 Å². The zero-order valence-electron chi connectivity index (χ0n) is 10.5. The molecule has 5 nitrogen and oxygen atoms in total. The maximum atomic E-state index is 11.8. The minimum Gasteiger partial charge on any atom is -0.375 e. The van der Waals surface area contributed by atoms with E-state index in [0.29, 0.717) is 25.7 Å². The first-order chi connectivity index (χ1) is 8.15. The van der Waals surface area contributed by atoms with Crippen LogP contribution in [0.1, 0.15) is 25.7 Å². The fourth-order valence-electron chi connectivity index (χ4n) is 2.74. The topological polar surface area (TPSA) is 64.8 Å². The lowest BCUT2D eigenvalue weighted by atomic mass is 9.81. The summed E-state index contributed by atoms with van der Waals surface area (Å²) in [6.45, 7) is 2.16. The Kier molecular flexibility index (Phi) is 4.01. The van der Waals surface area contributed by atoms with Crippen LogP contribution in [-0.2, 0) is 14.3 Å². The van der Waals surface area contributed by atoms with Crippen molar-refractivity contribution in [2.45, 2.75) is 37.3 Å². The highest BCUT2D eigenvalue weighted by Gasteiger charge is 2.40. The molecule has 0 aromatic heterocycles. The molecule has 1 aliphatic carbocycles. The van der Waals surface area contributed by atoms with Crippen LogP contribution in [0.3, 0.4) is 0 Å². The van der Waals surface area contributed by atoms with Gasteiger partial charge < -0.3 is 20.1 Å². The van der Waals surface area contributed by atoms with E-state index >= 15 is 0 Å². The van der Waals surface area contributed by atoms with Gasteiger partial charge in [0.1, 0.15) is 6.61 Å². The summed E-state index contributed by atoms with van der Waals surface area (Å²) in [5, 5.41) is 0. The molecule has 1 amide bonds. The summed E-state index contributed by atoms with van der Waals surface area (Å²) >= 11 is 0. The number of amides is 1. The van der Waals surface area contributed by atoms with E-state index in [1.807, 2.05) is 4.90 Å². The molecule has 5 heteroatoms. The molecule has 0 radical (unpaired) electrons. The van der Waals surface area contributed by atoms with Crippen molar-refractivity contribution in [3.8, 4) is 0 Å². The van der Waals surface area contributed by atoms with Crippen LogP contribution >= 0.6 is 0 Å². The van der Waals surface area contributed by atoms with Gasteiger partial charge in [0.15, 0.2) is 0 Å². The number of methoxy groups -OCH3 is 1. The van der Waals surface area contributed by atoms with Crippen molar-refractivity contribution >= 4 is 5.91 Å². The van der Waals surface area contributed by atoms with Crippen molar-refractivity contribution in [2.24, 2.45) is 5.73 Å². The standard InChI is InChI=1S/C12H22N2O3/c1-16-8-11(15)14-6-7-17-12(9-14)4-2-10(13)3-5-12/h10H,2-9,13H2,1H3. The Morgan fingerprint density at radius 1 is 1.53 bits per heavy atom. The molecule has 1 aliphatic heterocycles. The van der Waals surface area contributed by atoms with Crippen molar-refractivity contribution in [3.63, 3.8) is 0 Å². The first kappa shape index (κ1) is 12.8. The third-order valence-corrected chi connectivity index (χ3v) is 3.81. The SMILES string of the molecule is COCC(=O)N1CCOC2(CCC(N)CC2)C1. The molecule has 0 unspecified atom stereocenters. The molecule has 2 rings (SSSR count). The molecule has 2 aliphatic rings. The van der Waals surface area contributed by atoms with E-state index in [4.69, 9.17) is 15.2 Å². The Bertz CT molecular complexity index is 275. The summed E-state index contributed by atoms with van der Waals surface area (Å²) in [4.78, 5) is 13.7. The Labute approximate surface area is 102 Å². The summed E-state index contributed by atoms with van der Waals surface area (Å²) in [6, 6.07) is 0.300. The van der Waals surface area contributed by atoms with Crippen LogP contribution in [0.15, 0.2) is 0 Å². The number of carbonyl (C=O) groups excluding carboxylic acids is 1. The first-order valence-electron chi connectivity index (χ1n) is 6.31. The van der Waals surface area contributed by atoms with Gasteiger partial charge in [-0.25, -0.2) is 0 Å². The van der Waals surface area contributed by atoms with Crippen LogP contribution in [0.5, 0.6) is 0 Å². The molecule has 2 fully saturated rings. The van der Waals surface area contributed by atoms with Gasteiger partial charge in [0.05, 0.1) is 12.2 Å². The molecule has 0 aromatic carbocycles. The fraction of sp³-hybridized carbons (Fsp3) is 0.917. The van der Waals surface area contributed by atoms with E-state index in [-0.39, 0.29) is 18.1 Å². The Hall–Kier alpha value is -0.650. The monoisotopic (exact) mass is 242 g/mol. The summed E-state index contributed by atoms with van der Waals surface area (Å²) in [6.07, 6.45) is 3.91. The van der Waals surface area contributed by atoms with Gasteiger partial charge in [0.2, 0.25) is 5.91 Å². The van der Waals surface area contributed by atoms with Crippen LogP contribution in [0, 0.1) is 0 Å². The highest BCUT2D eigenvalue weighted by Crippen LogP contribution is 2.33. The van der Waals surface area contributed by atoms with Gasteiger partial charge in [-0.3, -0.25) is 4.79 Å². The molecule has 17 heavy (non-hydrogen) atoms. The highest BCUT2D eigenvalue weighted by molar-refractivity contribution is 5.77. The van der Waals surface area contributed by atoms with Gasteiger partial charge in [0.25, 0.3) is 0 Å². The van der Waals surface area contributed by atoms with Gasteiger partial charge in [-0.05, 0) is 25.7 Å². The van der Waals surface area contributed by atoms with E-state index in [2.05, 4.69) is 0 Å². The minimum atomic E-state index is -0.141. The van der Waals surface area contributed by atoms with Crippen LogP contribution in [0.4, 0.5) is 0 Å². The zero-order chi connectivity index (χ0) is 12.3. The lowest BCUT2D eigenvalue weighted by molar-refractivity contribution is -0.159. The second-order valence-electron chi connectivity index (χ2n) is 5.12. The van der Waals surface area contributed by atoms with Gasteiger partial charge in [0, 0.05) is 26.2 Å². The Morgan fingerprint density at radius 2 is 2.24 bits per heavy atom. The third-order valence-electron chi connectivity index (χ3n) is 3.81. The maximum Gasteiger partial charge on any atom is 0.248 e. The van der Waals surface area contributed by atoms with E-state index in [0.717, 1.165) is 25.7 Å². The molecule has 1 spiro atoms. The van der Waals surface area contributed by atoms with Crippen LogP contribution in [0.25, 0.3) is 0 Å². The van der Waals surface area contributed by atoms with Gasteiger partial charge >= 0.3 is 0 Å². The van der Waals surface area contributed by atoms with Crippen molar-refractivity contribution in [2.75, 3.05) is 33.4 Å². The average Bonchev–Trinajstić information content (AvgIpc) is 2.34. The lowest BCUT2D eigenvalue weighted by Crippen LogP contribution is -2.56. The molecule has 1 saturated heterocycles. The summed E-state index contributed by atoms with van der Waals surface area (Å²) in [7, 11) is 1.55. The van der Waals surface area contributed by atoms with E-state index in [9.17, 15) is 4.79 Å². The van der Waals surface area contributed by atoms with Crippen molar-refractivity contribution in [1.29, 1.82) is 0 Å². The summed E-state index contributed by atoms with van der Waals surface area (Å²) in [5.74, 6) is 0.0602. The number of hydrogen-bond donors (Lipinski definition) is 1. The third kappa shape index (κ3) is 2.97. The lowest BCUT2D eigenvalue weighted by Gasteiger charge is -2.46. The molecule has 98 valence electrons. The minimum absolute atomic E-state index is 0.0602. The average molecular weight is 242 g/mol. The van der Waals surface area contributed by atoms with Crippen molar-refractivity contribution in [3.05, 3.63) is 0 Å².